The van der Waals surface area contributed by atoms with Gasteiger partial charge >= 0.3 is 6.03 Å². The molecule has 2 unspecified atom stereocenters. The molecule has 5 nitrogen and oxygen atoms in total. The molecule has 0 heterocycles. The molecule has 0 radical (unpaired) electrons. The molecule has 1 rings (SSSR count). The molecule has 0 aliphatic rings. The Hall–Kier alpha value is -1.40. The maximum Gasteiger partial charge on any atom is 0.319 e. The van der Waals surface area contributed by atoms with E-state index in [1.807, 2.05) is 13.8 Å². The monoisotopic (exact) mass is 298 g/mol. The molecule has 1 aromatic rings. The lowest BCUT2D eigenvalue weighted by molar-refractivity contribution is 0.208. The zero-order valence-electron chi connectivity index (χ0n) is 12.1. The van der Waals surface area contributed by atoms with Crippen molar-refractivity contribution >= 4 is 22.5 Å². The molecular formula is C14H22N2O3S. The third-order valence-corrected chi connectivity index (χ3v) is 4.20. The molecule has 6 heteroatoms. The Balaban J connectivity index is 2.71. The number of anilines is 1. The molecule has 0 saturated carbocycles. The summed E-state index contributed by atoms with van der Waals surface area (Å²) in [7, 11) is -1.08. The van der Waals surface area contributed by atoms with Gasteiger partial charge in [-0.2, -0.15) is 0 Å². The number of hydrogen-bond donors (Lipinski definition) is 3. The molecular weight excluding hydrogens is 276 g/mol. The highest BCUT2D eigenvalue weighted by atomic mass is 32.2. The minimum absolute atomic E-state index is 0.0227. The van der Waals surface area contributed by atoms with Gasteiger partial charge in [-0.25, -0.2) is 4.79 Å². The fourth-order valence-corrected chi connectivity index (χ4v) is 2.33. The van der Waals surface area contributed by atoms with Gasteiger partial charge in [0.05, 0.1) is 0 Å². The van der Waals surface area contributed by atoms with Gasteiger partial charge in [-0.1, -0.05) is 13.0 Å². The molecule has 0 bridgehead atoms. The van der Waals surface area contributed by atoms with Gasteiger partial charge in [0, 0.05) is 39.8 Å². The van der Waals surface area contributed by atoms with E-state index in [4.69, 9.17) is 5.11 Å². The number of rotatable bonds is 6. The van der Waals surface area contributed by atoms with Crippen molar-refractivity contribution < 1.29 is 14.1 Å². The van der Waals surface area contributed by atoms with Crippen LogP contribution >= 0.6 is 0 Å². The lowest BCUT2D eigenvalue weighted by Gasteiger charge is -2.29. The average molecular weight is 298 g/mol. The second-order valence-corrected chi connectivity index (χ2v) is 6.33. The summed E-state index contributed by atoms with van der Waals surface area (Å²) in [6, 6.07) is 6.60. The Morgan fingerprint density at radius 2 is 2.15 bits per heavy atom. The number of aliphatic hydroxyl groups excluding tert-OH is 1. The Morgan fingerprint density at radius 3 is 2.70 bits per heavy atom. The van der Waals surface area contributed by atoms with Crippen molar-refractivity contribution in [3.8, 4) is 0 Å². The van der Waals surface area contributed by atoms with E-state index in [-0.39, 0.29) is 12.6 Å². The summed E-state index contributed by atoms with van der Waals surface area (Å²) in [4.78, 5) is 12.6. The zero-order valence-corrected chi connectivity index (χ0v) is 12.9. The first kappa shape index (κ1) is 16.7. The first-order valence-electron chi connectivity index (χ1n) is 6.53. The van der Waals surface area contributed by atoms with Crippen LogP contribution in [0.3, 0.4) is 0 Å². The van der Waals surface area contributed by atoms with Gasteiger partial charge in [-0.3, -0.25) is 4.21 Å². The predicted molar refractivity (Wildman–Crippen MR) is 81.3 cm³/mol. The van der Waals surface area contributed by atoms with E-state index < -0.39 is 16.3 Å². The molecule has 2 amide bonds. The van der Waals surface area contributed by atoms with E-state index in [1.54, 1.807) is 30.5 Å². The Kier molecular flexibility index (Phi) is 6.16. The number of carbonyl (C=O) groups excluding carboxylic acids is 1. The van der Waals surface area contributed by atoms with E-state index in [0.717, 1.165) is 6.42 Å². The molecule has 1 aromatic carbocycles. The third kappa shape index (κ3) is 4.94. The van der Waals surface area contributed by atoms with Crippen molar-refractivity contribution in [3.63, 3.8) is 0 Å². The highest BCUT2D eigenvalue weighted by Gasteiger charge is 2.23. The molecule has 2 atom stereocenters. The lowest BCUT2D eigenvalue weighted by Crippen LogP contribution is -2.48. The molecule has 0 aromatic heterocycles. The minimum atomic E-state index is -1.08. The van der Waals surface area contributed by atoms with Crippen molar-refractivity contribution in [1.29, 1.82) is 0 Å². The van der Waals surface area contributed by atoms with E-state index >= 15 is 0 Å². The summed E-state index contributed by atoms with van der Waals surface area (Å²) in [6.45, 7) is 3.87. The highest BCUT2D eigenvalue weighted by Crippen LogP contribution is 2.16. The normalized spacial score (nSPS) is 15.2. The van der Waals surface area contributed by atoms with Crippen molar-refractivity contribution in [3.05, 3.63) is 24.3 Å². The average Bonchev–Trinajstić information content (AvgIpc) is 2.39. The first-order chi connectivity index (χ1) is 9.40. The van der Waals surface area contributed by atoms with Crippen molar-refractivity contribution in [2.75, 3.05) is 18.2 Å². The Morgan fingerprint density at radius 1 is 1.45 bits per heavy atom. The molecule has 0 fully saturated rings. The summed E-state index contributed by atoms with van der Waals surface area (Å²) >= 11 is 0. The number of aliphatic hydroxyl groups is 1. The summed E-state index contributed by atoms with van der Waals surface area (Å²) in [5.41, 5.74) is 0.155. The van der Waals surface area contributed by atoms with Crippen molar-refractivity contribution in [2.45, 2.75) is 37.1 Å². The molecule has 3 N–H and O–H groups in total. The number of amides is 2. The van der Waals surface area contributed by atoms with Gasteiger partial charge in [0.1, 0.15) is 0 Å². The summed E-state index contributed by atoms with van der Waals surface area (Å²) in [5, 5.41) is 14.6. The minimum Gasteiger partial charge on any atom is -0.396 e. The van der Waals surface area contributed by atoms with E-state index in [9.17, 15) is 9.00 Å². The van der Waals surface area contributed by atoms with E-state index in [2.05, 4.69) is 10.6 Å². The molecule has 0 spiro atoms. The van der Waals surface area contributed by atoms with Gasteiger partial charge in [-0.05, 0) is 38.0 Å². The number of carbonyl (C=O) groups is 1. The number of benzene rings is 1. The Bertz CT molecular complexity index is 493. The maximum absolute atomic E-state index is 12.0. The second kappa shape index (κ2) is 7.40. The smallest absolute Gasteiger partial charge is 0.319 e. The number of hydrogen-bond acceptors (Lipinski definition) is 3. The first-order valence-corrected chi connectivity index (χ1v) is 8.09. The summed E-state index contributed by atoms with van der Waals surface area (Å²) < 4.78 is 11.4. The summed E-state index contributed by atoms with van der Waals surface area (Å²) in [5.74, 6) is 0. The maximum atomic E-state index is 12.0. The van der Waals surface area contributed by atoms with Gasteiger partial charge in [0.25, 0.3) is 0 Å². The molecule has 20 heavy (non-hydrogen) atoms. The standard InChI is InChI=1S/C14H22N2O3S/c1-4-14(2,8-9-17)16-13(18)15-11-6-5-7-12(10-11)20(3)19/h5-7,10,17H,4,8-9H2,1-3H3,(H2,15,16,18). The zero-order chi connectivity index (χ0) is 15.2. The summed E-state index contributed by atoms with van der Waals surface area (Å²) in [6.07, 6.45) is 2.81. The van der Waals surface area contributed by atoms with Crippen LogP contribution in [0.15, 0.2) is 29.2 Å². The quantitative estimate of drug-likeness (QED) is 0.752. The lowest BCUT2D eigenvalue weighted by atomic mass is 9.95. The van der Waals surface area contributed by atoms with E-state index in [1.165, 1.54) is 0 Å². The SMILES string of the molecule is CCC(C)(CCO)NC(=O)Nc1cccc(S(C)=O)c1. The van der Waals surface area contributed by atoms with Crippen LogP contribution in [0.1, 0.15) is 26.7 Å². The van der Waals surface area contributed by atoms with Crippen LogP contribution in [0.25, 0.3) is 0 Å². The van der Waals surface area contributed by atoms with Crippen LogP contribution in [-0.2, 0) is 10.8 Å². The Labute approximate surface area is 122 Å². The molecule has 0 aliphatic heterocycles. The topological polar surface area (TPSA) is 78.4 Å². The van der Waals surface area contributed by atoms with Gasteiger partial charge in [0.2, 0.25) is 0 Å². The van der Waals surface area contributed by atoms with Crippen LogP contribution in [0.4, 0.5) is 10.5 Å². The number of nitrogens with one attached hydrogen (secondary N) is 2. The molecule has 0 aliphatic carbocycles. The molecule has 0 saturated heterocycles. The third-order valence-electron chi connectivity index (χ3n) is 3.28. The van der Waals surface area contributed by atoms with Crippen LogP contribution in [-0.4, -0.2) is 33.7 Å². The predicted octanol–water partition coefficient (Wildman–Crippen LogP) is 2.10. The fraction of sp³-hybridized carbons (Fsp3) is 0.500. The van der Waals surface area contributed by atoms with Crippen LogP contribution in [0, 0.1) is 0 Å². The van der Waals surface area contributed by atoms with Crippen LogP contribution in [0.5, 0.6) is 0 Å². The second-order valence-electron chi connectivity index (χ2n) is 4.95. The van der Waals surface area contributed by atoms with E-state index in [0.29, 0.717) is 17.0 Å². The van der Waals surface area contributed by atoms with Crippen molar-refractivity contribution in [2.24, 2.45) is 0 Å². The van der Waals surface area contributed by atoms with Gasteiger partial charge < -0.3 is 15.7 Å². The number of urea groups is 1. The van der Waals surface area contributed by atoms with Crippen LogP contribution < -0.4 is 10.6 Å². The fourth-order valence-electron chi connectivity index (χ4n) is 1.76. The molecule has 112 valence electrons. The van der Waals surface area contributed by atoms with Crippen LogP contribution in [0.2, 0.25) is 0 Å². The largest absolute Gasteiger partial charge is 0.396 e. The highest BCUT2D eigenvalue weighted by molar-refractivity contribution is 7.84. The van der Waals surface area contributed by atoms with Gasteiger partial charge in [0.15, 0.2) is 0 Å². The van der Waals surface area contributed by atoms with Gasteiger partial charge in [-0.15, -0.1) is 0 Å². The van der Waals surface area contributed by atoms with Crippen molar-refractivity contribution in [1.82, 2.24) is 5.32 Å².